The molecule has 0 unspecified atom stereocenters. The second kappa shape index (κ2) is 4.34. The average molecular weight is 257 g/mol. The lowest BCUT2D eigenvalue weighted by atomic mass is 9.89. The van der Waals surface area contributed by atoms with Gasteiger partial charge in [0.05, 0.1) is 11.0 Å². The van der Waals surface area contributed by atoms with Gasteiger partial charge in [0.25, 0.3) is 0 Å². The summed E-state index contributed by atoms with van der Waals surface area (Å²) >= 11 is 0. The zero-order chi connectivity index (χ0) is 13.6. The quantitative estimate of drug-likeness (QED) is 0.910. The maximum atomic E-state index is 5.74. The minimum Gasteiger partial charge on any atom is -0.326 e. The van der Waals surface area contributed by atoms with E-state index in [1.807, 2.05) is 0 Å². The monoisotopic (exact) mass is 257 g/mol. The summed E-state index contributed by atoms with van der Waals surface area (Å²) in [6.07, 6.45) is 3.68. The van der Waals surface area contributed by atoms with E-state index in [4.69, 9.17) is 10.7 Å². The van der Waals surface area contributed by atoms with Crippen molar-refractivity contribution in [2.45, 2.75) is 58.0 Å². The summed E-state index contributed by atoms with van der Waals surface area (Å²) in [4.78, 5) is 4.93. The maximum Gasteiger partial charge on any atom is 0.115 e. The molecule has 0 bridgehead atoms. The van der Waals surface area contributed by atoms with Crippen molar-refractivity contribution in [1.82, 2.24) is 9.55 Å². The molecule has 0 spiro atoms. The van der Waals surface area contributed by atoms with E-state index in [9.17, 15) is 0 Å². The number of rotatable bonds is 4. The number of nitrogens with two attached hydrogens (primary N) is 1. The van der Waals surface area contributed by atoms with Gasteiger partial charge in [0.2, 0.25) is 0 Å². The Morgan fingerprint density at radius 3 is 2.68 bits per heavy atom. The number of benzene rings is 1. The highest BCUT2D eigenvalue weighted by Crippen LogP contribution is 2.42. The van der Waals surface area contributed by atoms with Crippen molar-refractivity contribution in [2.75, 3.05) is 0 Å². The SMILES string of the molecule is CCC(C)(C)c1nc2cc(CN)ccc2n1C1CC1. The van der Waals surface area contributed by atoms with E-state index in [0.29, 0.717) is 12.6 Å². The number of nitrogens with zero attached hydrogens (tertiary/aromatic N) is 2. The Hall–Kier alpha value is -1.35. The van der Waals surface area contributed by atoms with Gasteiger partial charge in [-0.15, -0.1) is 0 Å². The van der Waals surface area contributed by atoms with Crippen LogP contribution in [0.15, 0.2) is 18.2 Å². The molecule has 19 heavy (non-hydrogen) atoms. The van der Waals surface area contributed by atoms with E-state index in [-0.39, 0.29) is 5.41 Å². The first-order valence-electron chi connectivity index (χ1n) is 7.28. The fourth-order valence-electron chi connectivity index (χ4n) is 2.61. The molecule has 0 radical (unpaired) electrons. The van der Waals surface area contributed by atoms with Crippen LogP contribution in [0.1, 0.15) is 57.5 Å². The minimum atomic E-state index is 0.129. The minimum absolute atomic E-state index is 0.129. The van der Waals surface area contributed by atoms with Gasteiger partial charge in [0.1, 0.15) is 5.82 Å². The summed E-state index contributed by atoms with van der Waals surface area (Å²) in [6, 6.07) is 7.13. The van der Waals surface area contributed by atoms with Crippen molar-refractivity contribution in [2.24, 2.45) is 5.73 Å². The Balaban J connectivity index is 2.23. The predicted octanol–water partition coefficient (Wildman–Crippen LogP) is 3.52. The molecule has 0 amide bonds. The van der Waals surface area contributed by atoms with Gasteiger partial charge in [0.15, 0.2) is 0 Å². The zero-order valence-electron chi connectivity index (χ0n) is 12.1. The third-order valence-corrected chi connectivity index (χ3v) is 4.39. The van der Waals surface area contributed by atoms with Gasteiger partial charge in [-0.2, -0.15) is 0 Å². The van der Waals surface area contributed by atoms with Crippen LogP contribution in [-0.4, -0.2) is 9.55 Å². The Morgan fingerprint density at radius 2 is 2.11 bits per heavy atom. The molecular formula is C16H23N3. The third-order valence-electron chi connectivity index (χ3n) is 4.39. The third kappa shape index (κ3) is 2.06. The summed E-state index contributed by atoms with van der Waals surface area (Å²) in [5, 5.41) is 0. The highest BCUT2D eigenvalue weighted by molar-refractivity contribution is 5.77. The van der Waals surface area contributed by atoms with Gasteiger partial charge in [-0.05, 0) is 37.0 Å². The van der Waals surface area contributed by atoms with Crippen molar-refractivity contribution in [1.29, 1.82) is 0 Å². The molecule has 1 aliphatic carbocycles. The first-order valence-corrected chi connectivity index (χ1v) is 7.28. The molecule has 1 saturated carbocycles. The molecule has 0 atom stereocenters. The molecule has 1 heterocycles. The molecule has 3 heteroatoms. The van der Waals surface area contributed by atoms with E-state index in [1.54, 1.807) is 0 Å². The normalized spacial score (nSPS) is 16.2. The van der Waals surface area contributed by atoms with Crippen LogP contribution < -0.4 is 5.73 Å². The van der Waals surface area contributed by atoms with Crippen LogP contribution in [0.25, 0.3) is 11.0 Å². The van der Waals surface area contributed by atoms with E-state index in [2.05, 4.69) is 43.5 Å². The Morgan fingerprint density at radius 1 is 1.37 bits per heavy atom. The van der Waals surface area contributed by atoms with Crippen LogP contribution in [0.4, 0.5) is 0 Å². The second-order valence-electron chi connectivity index (χ2n) is 6.30. The van der Waals surface area contributed by atoms with Crippen LogP contribution in [-0.2, 0) is 12.0 Å². The molecule has 0 aliphatic heterocycles. The summed E-state index contributed by atoms with van der Waals surface area (Å²) in [7, 11) is 0. The lowest BCUT2D eigenvalue weighted by Gasteiger charge is -2.23. The first-order chi connectivity index (χ1) is 9.06. The van der Waals surface area contributed by atoms with Gasteiger partial charge in [-0.3, -0.25) is 0 Å². The zero-order valence-corrected chi connectivity index (χ0v) is 12.1. The average Bonchev–Trinajstić information content (AvgIpc) is 3.18. The standard InChI is InChI=1S/C16H23N3/c1-4-16(2,3)15-18-13-9-11(10-17)5-8-14(13)19(15)12-6-7-12/h5,8-9,12H,4,6-7,10,17H2,1-3H3. The van der Waals surface area contributed by atoms with Gasteiger partial charge in [-0.25, -0.2) is 4.98 Å². The molecule has 0 saturated heterocycles. The molecule has 3 rings (SSSR count). The Kier molecular flexibility index (Phi) is 2.90. The van der Waals surface area contributed by atoms with E-state index in [0.717, 1.165) is 17.5 Å². The summed E-state index contributed by atoms with van der Waals surface area (Å²) in [5.41, 5.74) is 9.40. The molecule has 1 fully saturated rings. The van der Waals surface area contributed by atoms with Crippen molar-refractivity contribution >= 4 is 11.0 Å². The smallest absolute Gasteiger partial charge is 0.115 e. The van der Waals surface area contributed by atoms with Crippen LogP contribution >= 0.6 is 0 Å². The molecule has 2 aromatic rings. The van der Waals surface area contributed by atoms with Crippen LogP contribution in [0.5, 0.6) is 0 Å². The van der Waals surface area contributed by atoms with Crippen LogP contribution in [0.2, 0.25) is 0 Å². The Labute approximate surface area is 114 Å². The van der Waals surface area contributed by atoms with Crippen LogP contribution in [0, 0.1) is 0 Å². The van der Waals surface area contributed by atoms with E-state index in [1.165, 1.54) is 24.2 Å². The van der Waals surface area contributed by atoms with E-state index < -0.39 is 0 Å². The molecule has 2 N–H and O–H groups in total. The van der Waals surface area contributed by atoms with Crippen molar-refractivity contribution in [3.63, 3.8) is 0 Å². The molecular weight excluding hydrogens is 234 g/mol. The van der Waals surface area contributed by atoms with Crippen molar-refractivity contribution in [3.05, 3.63) is 29.6 Å². The summed E-state index contributed by atoms with van der Waals surface area (Å²) in [6.45, 7) is 7.40. The van der Waals surface area contributed by atoms with Gasteiger partial charge < -0.3 is 10.3 Å². The maximum absolute atomic E-state index is 5.74. The van der Waals surface area contributed by atoms with Crippen molar-refractivity contribution in [3.8, 4) is 0 Å². The largest absolute Gasteiger partial charge is 0.326 e. The Bertz CT molecular complexity index is 606. The van der Waals surface area contributed by atoms with Gasteiger partial charge in [0, 0.05) is 18.0 Å². The van der Waals surface area contributed by atoms with E-state index >= 15 is 0 Å². The highest BCUT2D eigenvalue weighted by Gasteiger charge is 2.33. The van der Waals surface area contributed by atoms with Crippen molar-refractivity contribution < 1.29 is 0 Å². The number of aromatic nitrogens is 2. The molecule has 1 aliphatic rings. The number of hydrogen-bond acceptors (Lipinski definition) is 2. The lowest BCUT2D eigenvalue weighted by Crippen LogP contribution is -2.21. The van der Waals surface area contributed by atoms with Gasteiger partial charge >= 0.3 is 0 Å². The predicted molar refractivity (Wildman–Crippen MR) is 79.2 cm³/mol. The topological polar surface area (TPSA) is 43.8 Å². The summed E-state index contributed by atoms with van der Waals surface area (Å²) in [5.74, 6) is 1.24. The fourth-order valence-corrected chi connectivity index (χ4v) is 2.61. The second-order valence-corrected chi connectivity index (χ2v) is 6.30. The lowest BCUT2D eigenvalue weighted by molar-refractivity contribution is 0.448. The van der Waals surface area contributed by atoms with Crippen LogP contribution in [0.3, 0.4) is 0 Å². The highest BCUT2D eigenvalue weighted by atomic mass is 15.1. The number of fused-ring (bicyclic) bond motifs is 1. The van der Waals surface area contributed by atoms with Gasteiger partial charge in [-0.1, -0.05) is 26.8 Å². The number of hydrogen-bond donors (Lipinski definition) is 1. The summed E-state index contributed by atoms with van der Waals surface area (Å²) < 4.78 is 2.47. The molecule has 1 aromatic heterocycles. The molecule has 102 valence electrons. The number of imidazole rings is 1. The fraction of sp³-hybridized carbons (Fsp3) is 0.562. The molecule has 3 nitrogen and oxygen atoms in total. The first kappa shape index (κ1) is 12.7. The molecule has 1 aromatic carbocycles.